The molecule has 1 aliphatic heterocycles. The lowest BCUT2D eigenvalue weighted by atomic mass is 9.70. The number of rotatable bonds is 8. The summed E-state index contributed by atoms with van der Waals surface area (Å²) >= 11 is 0. The van der Waals surface area contributed by atoms with Crippen molar-refractivity contribution in [3.63, 3.8) is 0 Å². The van der Waals surface area contributed by atoms with Crippen LogP contribution in [0, 0.1) is 23.7 Å². The topological polar surface area (TPSA) is 29.1 Å². The average Bonchev–Trinajstić information content (AvgIpc) is 3.19. The van der Waals surface area contributed by atoms with Crippen molar-refractivity contribution in [2.24, 2.45) is 23.7 Å². The van der Waals surface area contributed by atoms with Gasteiger partial charge in [0.15, 0.2) is 0 Å². The van der Waals surface area contributed by atoms with Crippen molar-refractivity contribution in [3.8, 4) is 0 Å². The minimum Gasteiger partial charge on any atom is -0.384 e. The second kappa shape index (κ2) is 14.3. The molecule has 0 saturated carbocycles. The van der Waals surface area contributed by atoms with Crippen LogP contribution in [0.2, 0.25) is 0 Å². The van der Waals surface area contributed by atoms with E-state index >= 15 is 0 Å². The van der Waals surface area contributed by atoms with Crippen LogP contribution < -0.4 is 5.32 Å². The van der Waals surface area contributed by atoms with Crippen LogP contribution in [0.25, 0.3) is 0 Å². The number of carbonyl (C=O) groups excluding carboxylic acids is 1. The van der Waals surface area contributed by atoms with E-state index in [0.29, 0.717) is 17.7 Å². The van der Waals surface area contributed by atoms with Gasteiger partial charge in [-0.2, -0.15) is 0 Å². The Bertz CT molecular complexity index is 728. The lowest BCUT2D eigenvalue weighted by Crippen LogP contribution is -2.35. The number of allylic oxidation sites excluding steroid dienone is 2. The molecule has 2 heteroatoms. The molecule has 32 heavy (non-hydrogen) atoms. The van der Waals surface area contributed by atoms with Crippen molar-refractivity contribution in [1.29, 1.82) is 0 Å². The fourth-order valence-electron chi connectivity index (χ4n) is 5.39. The maximum absolute atomic E-state index is 13.1. The van der Waals surface area contributed by atoms with Crippen molar-refractivity contribution in [2.45, 2.75) is 100.0 Å². The molecule has 0 amide bonds. The van der Waals surface area contributed by atoms with Crippen LogP contribution >= 0.6 is 0 Å². The smallest absolute Gasteiger partial charge is 0.149 e. The summed E-state index contributed by atoms with van der Waals surface area (Å²) in [6, 6.07) is 11.2. The first-order valence-electron chi connectivity index (χ1n) is 13.3. The standard InChI is InChI=1S/C26H37NO.2C2H6/c1-6-18(7-2)16-23-22(15-19-13-11-10-12-14-19)24-17(5)20(8-3)26(28)21(9-4)25(24)27-23;2*1-2/h10-14,18,20-23,27H,5-9,15-16H2,1-4H3;2*1-2H3. The summed E-state index contributed by atoms with van der Waals surface area (Å²) in [5.74, 6) is 1.54. The van der Waals surface area contributed by atoms with E-state index in [-0.39, 0.29) is 11.8 Å². The van der Waals surface area contributed by atoms with Crippen molar-refractivity contribution < 1.29 is 4.79 Å². The van der Waals surface area contributed by atoms with Gasteiger partial charge in [0.05, 0.1) is 5.92 Å². The predicted molar refractivity (Wildman–Crippen MR) is 141 cm³/mol. The molecular weight excluding hydrogens is 390 g/mol. The van der Waals surface area contributed by atoms with Gasteiger partial charge in [0.1, 0.15) is 5.78 Å². The largest absolute Gasteiger partial charge is 0.384 e. The van der Waals surface area contributed by atoms with Gasteiger partial charge >= 0.3 is 0 Å². The van der Waals surface area contributed by atoms with E-state index in [1.54, 1.807) is 0 Å². The number of hydrogen-bond acceptors (Lipinski definition) is 2. The zero-order valence-electron chi connectivity index (χ0n) is 22.1. The summed E-state index contributed by atoms with van der Waals surface area (Å²) < 4.78 is 0. The van der Waals surface area contributed by atoms with Gasteiger partial charge in [-0.1, -0.05) is 105 Å². The summed E-state index contributed by atoms with van der Waals surface area (Å²) in [6.07, 6.45) is 6.37. The summed E-state index contributed by atoms with van der Waals surface area (Å²) in [6.45, 7) is 21.3. The highest BCUT2D eigenvalue weighted by atomic mass is 16.1. The third-order valence-electron chi connectivity index (χ3n) is 7.15. The number of nitrogens with one attached hydrogen (secondary N) is 1. The minimum atomic E-state index is -0.00401. The molecule has 180 valence electrons. The number of benzene rings is 1. The minimum absolute atomic E-state index is 0.00401. The molecule has 0 aromatic heterocycles. The first-order valence-corrected chi connectivity index (χ1v) is 13.3. The second-order valence-corrected chi connectivity index (χ2v) is 8.64. The molecule has 0 spiro atoms. The third kappa shape index (κ3) is 6.15. The van der Waals surface area contributed by atoms with E-state index in [4.69, 9.17) is 0 Å². The van der Waals surface area contributed by atoms with Gasteiger partial charge in [-0.05, 0) is 48.3 Å². The molecule has 1 aromatic carbocycles. The van der Waals surface area contributed by atoms with Crippen LogP contribution in [-0.4, -0.2) is 11.8 Å². The zero-order valence-corrected chi connectivity index (χ0v) is 22.1. The molecule has 2 aliphatic rings. The first-order chi connectivity index (χ1) is 15.5. The van der Waals surface area contributed by atoms with Crippen LogP contribution in [0.5, 0.6) is 0 Å². The Kier molecular flexibility index (Phi) is 12.6. The summed E-state index contributed by atoms with van der Waals surface area (Å²) in [5, 5.41) is 3.87. The van der Waals surface area contributed by atoms with Crippen LogP contribution in [0.1, 0.15) is 93.1 Å². The van der Waals surface area contributed by atoms with Gasteiger partial charge in [-0.3, -0.25) is 4.79 Å². The summed E-state index contributed by atoms with van der Waals surface area (Å²) in [4.78, 5) is 13.1. The molecule has 2 nitrogen and oxygen atoms in total. The molecule has 1 aromatic rings. The molecule has 4 atom stereocenters. The molecule has 0 saturated heterocycles. The lowest BCUT2D eigenvalue weighted by Gasteiger charge is -2.32. The van der Waals surface area contributed by atoms with Gasteiger partial charge in [0.25, 0.3) is 0 Å². The lowest BCUT2D eigenvalue weighted by molar-refractivity contribution is -0.125. The van der Waals surface area contributed by atoms with Crippen LogP contribution in [0.15, 0.2) is 53.8 Å². The van der Waals surface area contributed by atoms with Gasteiger partial charge in [-0.25, -0.2) is 0 Å². The average molecular weight is 440 g/mol. The molecular formula is C30H49NO. The molecule has 0 fully saturated rings. The van der Waals surface area contributed by atoms with E-state index in [1.165, 1.54) is 36.1 Å². The number of ketones is 1. The molecule has 0 radical (unpaired) electrons. The van der Waals surface area contributed by atoms with Crippen molar-refractivity contribution in [2.75, 3.05) is 0 Å². The van der Waals surface area contributed by atoms with Crippen molar-refractivity contribution in [3.05, 3.63) is 59.3 Å². The van der Waals surface area contributed by atoms with Crippen LogP contribution in [0.4, 0.5) is 0 Å². The maximum Gasteiger partial charge on any atom is 0.149 e. The van der Waals surface area contributed by atoms with Gasteiger partial charge < -0.3 is 5.32 Å². The van der Waals surface area contributed by atoms with Gasteiger partial charge in [0.2, 0.25) is 0 Å². The molecule has 4 unspecified atom stereocenters. The monoisotopic (exact) mass is 439 g/mol. The quantitative estimate of drug-likeness (QED) is 0.443. The van der Waals surface area contributed by atoms with E-state index < -0.39 is 0 Å². The molecule has 1 heterocycles. The fourth-order valence-corrected chi connectivity index (χ4v) is 5.39. The molecule has 1 N–H and O–H groups in total. The maximum atomic E-state index is 13.1. The number of hydrogen-bond donors (Lipinski definition) is 1. The van der Waals surface area contributed by atoms with E-state index in [1.807, 2.05) is 27.7 Å². The van der Waals surface area contributed by atoms with Gasteiger partial charge in [-0.15, -0.1) is 0 Å². The Morgan fingerprint density at radius 3 is 1.97 bits per heavy atom. The molecule has 1 aliphatic carbocycles. The van der Waals surface area contributed by atoms with Crippen molar-refractivity contribution in [1.82, 2.24) is 5.32 Å². The van der Waals surface area contributed by atoms with E-state index in [9.17, 15) is 4.79 Å². The first kappa shape index (κ1) is 28.2. The Labute approximate surface area is 199 Å². The zero-order chi connectivity index (χ0) is 24.3. The predicted octanol–water partition coefficient (Wildman–Crippen LogP) is 8.14. The Balaban J connectivity index is 0.00000121. The van der Waals surface area contributed by atoms with Crippen LogP contribution in [0.3, 0.4) is 0 Å². The van der Waals surface area contributed by atoms with Crippen LogP contribution in [-0.2, 0) is 11.2 Å². The van der Waals surface area contributed by atoms with E-state index in [0.717, 1.165) is 30.8 Å². The SMILES string of the molecule is C=C1C2=C(NC(CC(CC)CC)C2Cc2ccccc2)C(CC)C(=O)C1CC.CC.CC. The normalized spacial score (nSPS) is 24.3. The Morgan fingerprint density at radius 2 is 1.47 bits per heavy atom. The highest BCUT2D eigenvalue weighted by Crippen LogP contribution is 2.47. The number of carbonyl (C=O) groups is 1. The highest BCUT2D eigenvalue weighted by Gasteiger charge is 2.46. The van der Waals surface area contributed by atoms with Gasteiger partial charge in [0, 0.05) is 23.6 Å². The highest BCUT2D eigenvalue weighted by molar-refractivity contribution is 5.92. The molecule has 3 rings (SSSR count). The molecule has 0 bridgehead atoms. The Hall–Kier alpha value is -1.83. The fraction of sp³-hybridized carbons (Fsp3) is 0.633. The number of Topliss-reactive ketones (excluding diaryl/α,β-unsaturated/α-hetero) is 1. The summed E-state index contributed by atoms with van der Waals surface area (Å²) in [7, 11) is 0. The Morgan fingerprint density at radius 1 is 0.906 bits per heavy atom. The summed E-state index contributed by atoms with van der Waals surface area (Å²) in [5.41, 5.74) is 5.06. The van der Waals surface area contributed by atoms with Crippen molar-refractivity contribution >= 4 is 5.78 Å². The third-order valence-corrected chi connectivity index (χ3v) is 7.15. The second-order valence-electron chi connectivity index (χ2n) is 8.64. The van der Waals surface area contributed by atoms with E-state index in [2.05, 4.69) is 69.9 Å².